The predicted molar refractivity (Wildman–Crippen MR) is 98.4 cm³/mol. The number of nitrogens with zero attached hydrogens (tertiary/aromatic N) is 2. The molecule has 0 radical (unpaired) electrons. The standard InChI is InChI=1S/C20H20N4O2/c1-14-17(12-22-24(14)13-15-8-4-2-5-9-15)20(26)23-18(19(21)25)16-10-6-3-7-11-16/h2-12,18H,13H2,1H3,(H2,21,25)(H,23,26)/t18-/m0/s1. The molecule has 26 heavy (non-hydrogen) atoms. The van der Waals surface area contributed by atoms with Crippen LogP contribution in [-0.4, -0.2) is 21.6 Å². The van der Waals surface area contributed by atoms with Crippen molar-refractivity contribution in [1.29, 1.82) is 0 Å². The van der Waals surface area contributed by atoms with Gasteiger partial charge in [-0.3, -0.25) is 14.3 Å². The van der Waals surface area contributed by atoms with Crippen molar-refractivity contribution in [2.24, 2.45) is 5.73 Å². The van der Waals surface area contributed by atoms with Crippen LogP contribution in [0.25, 0.3) is 0 Å². The van der Waals surface area contributed by atoms with Crippen molar-refractivity contribution in [2.45, 2.75) is 19.5 Å². The number of benzene rings is 2. The maximum Gasteiger partial charge on any atom is 0.255 e. The molecule has 132 valence electrons. The summed E-state index contributed by atoms with van der Waals surface area (Å²) in [5.41, 5.74) is 8.34. The van der Waals surface area contributed by atoms with Gasteiger partial charge in [-0.05, 0) is 18.1 Å². The number of nitrogens with two attached hydrogens (primary N) is 1. The van der Waals surface area contributed by atoms with E-state index in [-0.39, 0.29) is 5.91 Å². The molecule has 3 N–H and O–H groups in total. The summed E-state index contributed by atoms with van der Waals surface area (Å²) in [6, 6.07) is 17.9. The number of hydrogen-bond acceptors (Lipinski definition) is 3. The van der Waals surface area contributed by atoms with Crippen LogP contribution in [0.15, 0.2) is 66.9 Å². The van der Waals surface area contributed by atoms with Crippen LogP contribution in [-0.2, 0) is 11.3 Å². The number of rotatable bonds is 6. The normalized spacial score (nSPS) is 11.7. The van der Waals surface area contributed by atoms with Gasteiger partial charge in [0.15, 0.2) is 0 Å². The van der Waals surface area contributed by atoms with Gasteiger partial charge >= 0.3 is 0 Å². The summed E-state index contributed by atoms with van der Waals surface area (Å²) < 4.78 is 1.76. The molecule has 0 saturated heterocycles. The summed E-state index contributed by atoms with van der Waals surface area (Å²) in [6.45, 7) is 2.39. The molecule has 1 heterocycles. The summed E-state index contributed by atoms with van der Waals surface area (Å²) in [4.78, 5) is 24.4. The van der Waals surface area contributed by atoms with E-state index in [1.54, 1.807) is 28.9 Å². The van der Waals surface area contributed by atoms with Crippen LogP contribution < -0.4 is 11.1 Å². The summed E-state index contributed by atoms with van der Waals surface area (Å²) in [5.74, 6) is -0.992. The number of carbonyl (C=O) groups excluding carboxylic acids is 2. The highest BCUT2D eigenvalue weighted by Crippen LogP contribution is 2.15. The van der Waals surface area contributed by atoms with Crippen LogP contribution in [0.2, 0.25) is 0 Å². The van der Waals surface area contributed by atoms with E-state index in [4.69, 9.17) is 5.73 Å². The first-order valence-electron chi connectivity index (χ1n) is 8.27. The van der Waals surface area contributed by atoms with Crippen LogP contribution in [0.1, 0.15) is 33.2 Å². The van der Waals surface area contributed by atoms with Gasteiger partial charge in [-0.1, -0.05) is 60.7 Å². The fraction of sp³-hybridized carbons (Fsp3) is 0.150. The molecule has 0 aliphatic heterocycles. The Bertz CT molecular complexity index is 904. The summed E-state index contributed by atoms with van der Waals surface area (Å²) >= 11 is 0. The van der Waals surface area contributed by atoms with Crippen molar-refractivity contribution in [3.63, 3.8) is 0 Å². The van der Waals surface area contributed by atoms with Crippen molar-refractivity contribution in [1.82, 2.24) is 15.1 Å². The molecule has 3 rings (SSSR count). The van der Waals surface area contributed by atoms with Crippen LogP contribution in [0, 0.1) is 6.92 Å². The van der Waals surface area contributed by atoms with Crippen molar-refractivity contribution in [2.75, 3.05) is 0 Å². The number of aromatic nitrogens is 2. The Morgan fingerprint density at radius 1 is 1.08 bits per heavy atom. The van der Waals surface area contributed by atoms with E-state index < -0.39 is 11.9 Å². The number of amides is 2. The van der Waals surface area contributed by atoms with Crippen molar-refractivity contribution in [3.8, 4) is 0 Å². The Hall–Kier alpha value is -3.41. The fourth-order valence-corrected chi connectivity index (χ4v) is 2.76. The third-order valence-corrected chi connectivity index (χ3v) is 4.22. The highest BCUT2D eigenvalue weighted by Gasteiger charge is 2.23. The first-order chi connectivity index (χ1) is 12.6. The molecule has 0 unspecified atom stereocenters. The lowest BCUT2D eigenvalue weighted by Crippen LogP contribution is -2.37. The maximum absolute atomic E-state index is 12.6. The second-order valence-corrected chi connectivity index (χ2v) is 6.01. The highest BCUT2D eigenvalue weighted by molar-refractivity contribution is 5.98. The first kappa shape index (κ1) is 17.4. The molecule has 6 heteroatoms. The molecule has 0 aliphatic rings. The van der Waals surface area contributed by atoms with Gasteiger partial charge in [-0.25, -0.2) is 0 Å². The van der Waals surface area contributed by atoms with Gasteiger partial charge in [0, 0.05) is 5.69 Å². The van der Waals surface area contributed by atoms with Gasteiger partial charge in [0.2, 0.25) is 5.91 Å². The summed E-state index contributed by atoms with van der Waals surface area (Å²) in [7, 11) is 0. The number of primary amides is 1. The lowest BCUT2D eigenvalue weighted by atomic mass is 10.1. The van der Waals surface area contributed by atoms with Gasteiger partial charge in [0.1, 0.15) is 6.04 Å². The largest absolute Gasteiger partial charge is 0.368 e. The van der Waals surface area contributed by atoms with Crippen LogP contribution >= 0.6 is 0 Å². The van der Waals surface area contributed by atoms with E-state index in [0.29, 0.717) is 17.7 Å². The zero-order valence-electron chi connectivity index (χ0n) is 14.4. The monoisotopic (exact) mass is 348 g/mol. The molecule has 3 aromatic rings. The molecular weight excluding hydrogens is 328 g/mol. The number of carbonyl (C=O) groups is 2. The SMILES string of the molecule is Cc1c(C(=O)N[C@H](C(N)=O)c2ccccc2)cnn1Cc1ccccc1. The van der Waals surface area contributed by atoms with E-state index in [0.717, 1.165) is 11.3 Å². The number of hydrogen-bond donors (Lipinski definition) is 2. The van der Waals surface area contributed by atoms with Crippen LogP contribution in [0.5, 0.6) is 0 Å². The average molecular weight is 348 g/mol. The molecule has 1 aromatic heterocycles. The van der Waals surface area contributed by atoms with Crippen LogP contribution in [0.3, 0.4) is 0 Å². The van der Waals surface area contributed by atoms with Gasteiger partial charge in [-0.2, -0.15) is 5.10 Å². The Morgan fingerprint density at radius 3 is 2.31 bits per heavy atom. The molecular formula is C20H20N4O2. The molecule has 0 spiro atoms. The van der Waals surface area contributed by atoms with E-state index in [1.165, 1.54) is 6.20 Å². The van der Waals surface area contributed by atoms with Crippen molar-refractivity contribution >= 4 is 11.8 Å². The molecule has 0 fully saturated rings. The third kappa shape index (κ3) is 3.80. The highest BCUT2D eigenvalue weighted by atomic mass is 16.2. The predicted octanol–water partition coefficient (Wildman–Crippen LogP) is 2.20. The van der Waals surface area contributed by atoms with Crippen LogP contribution in [0.4, 0.5) is 0 Å². The minimum absolute atomic E-state index is 0.380. The Kier molecular flexibility index (Phi) is 5.12. The first-order valence-corrected chi connectivity index (χ1v) is 8.27. The maximum atomic E-state index is 12.6. The third-order valence-electron chi connectivity index (χ3n) is 4.22. The van der Waals surface area contributed by atoms with Gasteiger partial charge in [0.05, 0.1) is 18.3 Å². The zero-order valence-corrected chi connectivity index (χ0v) is 14.4. The Labute approximate surface area is 151 Å². The zero-order chi connectivity index (χ0) is 18.5. The smallest absolute Gasteiger partial charge is 0.255 e. The van der Waals surface area contributed by atoms with Gasteiger partial charge < -0.3 is 11.1 Å². The minimum Gasteiger partial charge on any atom is -0.368 e. The summed E-state index contributed by atoms with van der Waals surface area (Å²) in [6.07, 6.45) is 1.51. The van der Waals surface area contributed by atoms with Crippen molar-refractivity contribution in [3.05, 3.63) is 89.2 Å². The number of nitrogens with one attached hydrogen (secondary N) is 1. The minimum atomic E-state index is -0.888. The lowest BCUT2D eigenvalue weighted by Gasteiger charge is -2.15. The molecule has 2 amide bonds. The Morgan fingerprint density at radius 2 is 1.69 bits per heavy atom. The summed E-state index contributed by atoms with van der Waals surface area (Å²) in [5, 5.41) is 7.00. The Balaban J connectivity index is 1.78. The second-order valence-electron chi connectivity index (χ2n) is 6.01. The van der Waals surface area contributed by atoms with E-state index in [1.807, 2.05) is 43.3 Å². The molecule has 0 aliphatic carbocycles. The molecule has 2 aromatic carbocycles. The lowest BCUT2D eigenvalue weighted by molar-refractivity contribution is -0.120. The molecule has 0 saturated carbocycles. The quantitative estimate of drug-likeness (QED) is 0.715. The average Bonchev–Trinajstić information content (AvgIpc) is 3.01. The van der Waals surface area contributed by atoms with E-state index in [2.05, 4.69) is 10.4 Å². The van der Waals surface area contributed by atoms with Gasteiger partial charge in [0.25, 0.3) is 5.91 Å². The van der Waals surface area contributed by atoms with E-state index in [9.17, 15) is 9.59 Å². The molecule has 0 bridgehead atoms. The van der Waals surface area contributed by atoms with E-state index >= 15 is 0 Å². The molecule has 1 atom stereocenters. The van der Waals surface area contributed by atoms with Crippen molar-refractivity contribution < 1.29 is 9.59 Å². The topological polar surface area (TPSA) is 90.0 Å². The van der Waals surface area contributed by atoms with Gasteiger partial charge in [-0.15, -0.1) is 0 Å². The fourth-order valence-electron chi connectivity index (χ4n) is 2.76. The second kappa shape index (κ2) is 7.65. The molecule has 6 nitrogen and oxygen atoms in total.